The van der Waals surface area contributed by atoms with Gasteiger partial charge in [-0.3, -0.25) is 9.59 Å². The molecule has 0 bridgehead atoms. The van der Waals surface area contributed by atoms with Gasteiger partial charge in [0, 0.05) is 25.2 Å². The molecule has 0 amide bonds. The third-order valence-corrected chi connectivity index (χ3v) is 2.98. The van der Waals surface area contributed by atoms with E-state index in [2.05, 4.69) is 6.92 Å². The predicted molar refractivity (Wildman–Crippen MR) is 56.1 cm³/mol. The predicted octanol–water partition coefficient (Wildman–Crippen LogP) is 2.90. The van der Waals surface area contributed by atoms with E-state index in [9.17, 15) is 9.59 Å². The Balaban J connectivity index is 2.12. The summed E-state index contributed by atoms with van der Waals surface area (Å²) in [7, 11) is 0. The molecule has 2 nitrogen and oxygen atoms in total. The largest absolute Gasteiger partial charge is 0.300 e. The molecule has 1 rings (SSSR count). The van der Waals surface area contributed by atoms with Gasteiger partial charge in [0.2, 0.25) is 0 Å². The van der Waals surface area contributed by atoms with Crippen LogP contribution in [0.15, 0.2) is 0 Å². The van der Waals surface area contributed by atoms with E-state index in [1.54, 1.807) is 0 Å². The number of unbranched alkanes of at least 4 members (excludes halogenated alkanes) is 3. The lowest BCUT2D eigenvalue weighted by Crippen LogP contribution is -2.10. The average molecular weight is 196 g/mol. The second kappa shape index (κ2) is 5.94. The molecule has 0 aromatic carbocycles. The Morgan fingerprint density at radius 3 is 2.71 bits per heavy atom. The highest BCUT2D eigenvalue weighted by molar-refractivity contribution is 5.90. The van der Waals surface area contributed by atoms with Crippen molar-refractivity contribution >= 4 is 11.6 Å². The molecule has 80 valence electrons. The van der Waals surface area contributed by atoms with E-state index in [0.717, 1.165) is 19.3 Å². The number of ketones is 2. The molecule has 0 aromatic heterocycles. The molecular formula is C12H20O2. The molecule has 0 aromatic rings. The van der Waals surface area contributed by atoms with Gasteiger partial charge in [-0.15, -0.1) is 0 Å². The van der Waals surface area contributed by atoms with Crippen molar-refractivity contribution in [1.29, 1.82) is 0 Å². The normalized spacial score (nSPS) is 21.5. The molecule has 1 aliphatic carbocycles. The van der Waals surface area contributed by atoms with Crippen LogP contribution in [0.1, 0.15) is 58.3 Å². The lowest BCUT2D eigenvalue weighted by Gasteiger charge is -2.05. The minimum Gasteiger partial charge on any atom is -0.300 e. The van der Waals surface area contributed by atoms with Crippen LogP contribution in [0, 0.1) is 5.92 Å². The minimum absolute atomic E-state index is 0.0733. The molecule has 0 spiro atoms. The Hall–Kier alpha value is -0.660. The van der Waals surface area contributed by atoms with E-state index < -0.39 is 0 Å². The molecule has 0 radical (unpaired) electrons. The molecule has 14 heavy (non-hydrogen) atoms. The van der Waals surface area contributed by atoms with E-state index >= 15 is 0 Å². The SMILES string of the molecule is CCCCCCC(=O)C1CCC(=O)C1. The molecule has 1 fully saturated rings. The first kappa shape index (κ1) is 11.4. The highest BCUT2D eigenvalue weighted by Crippen LogP contribution is 2.24. The van der Waals surface area contributed by atoms with E-state index in [1.807, 2.05) is 0 Å². The van der Waals surface area contributed by atoms with Crippen LogP contribution in [0.5, 0.6) is 0 Å². The van der Waals surface area contributed by atoms with Crippen molar-refractivity contribution in [2.75, 3.05) is 0 Å². The van der Waals surface area contributed by atoms with Gasteiger partial charge >= 0.3 is 0 Å². The summed E-state index contributed by atoms with van der Waals surface area (Å²) in [4.78, 5) is 22.6. The lowest BCUT2D eigenvalue weighted by molar-refractivity contribution is -0.124. The molecule has 1 saturated carbocycles. The van der Waals surface area contributed by atoms with E-state index in [4.69, 9.17) is 0 Å². The fraction of sp³-hybridized carbons (Fsp3) is 0.833. The number of hydrogen-bond acceptors (Lipinski definition) is 2. The van der Waals surface area contributed by atoms with Gasteiger partial charge in [-0.05, 0) is 12.8 Å². The van der Waals surface area contributed by atoms with E-state index in [0.29, 0.717) is 25.0 Å². The van der Waals surface area contributed by atoms with Crippen LogP contribution in [0.25, 0.3) is 0 Å². The van der Waals surface area contributed by atoms with Gasteiger partial charge in [0.1, 0.15) is 11.6 Å². The van der Waals surface area contributed by atoms with Crippen LogP contribution >= 0.6 is 0 Å². The van der Waals surface area contributed by atoms with Crippen molar-refractivity contribution in [1.82, 2.24) is 0 Å². The summed E-state index contributed by atoms with van der Waals surface area (Å²) < 4.78 is 0. The summed E-state index contributed by atoms with van der Waals surface area (Å²) in [6, 6.07) is 0. The maximum absolute atomic E-state index is 11.6. The van der Waals surface area contributed by atoms with Crippen molar-refractivity contribution in [2.45, 2.75) is 58.3 Å². The minimum atomic E-state index is 0.0733. The number of rotatable bonds is 6. The highest BCUT2D eigenvalue weighted by atomic mass is 16.1. The zero-order valence-electron chi connectivity index (χ0n) is 9.05. The summed E-state index contributed by atoms with van der Waals surface area (Å²) >= 11 is 0. The second-order valence-corrected chi connectivity index (χ2v) is 4.26. The Bertz CT molecular complexity index is 208. The first-order valence-electron chi connectivity index (χ1n) is 5.78. The van der Waals surface area contributed by atoms with Crippen LogP contribution in [-0.2, 0) is 9.59 Å². The quantitative estimate of drug-likeness (QED) is 0.612. The Labute approximate surface area is 86.1 Å². The zero-order chi connectivity index (χ0) is 10.4. The summed E-state index contributed by atoms with van der Waals surface area (Å²) in [6.45, 7) is 2.16. The molecule has 2 heteroatoms. The van der Waals surface area contributed by atoms with Crippen molar-refractivity contribution in [2.24, 2.45) is 5.92 Å². The summed E-state index contributed by atoms with van der Waals surface area (Å²) in [5.74, 6) is 0.674. The van der Waals surface area contributed by atoms with Crippen LogP contribution in [-0.4, -0.2) is 11.6 Å². The second-order valence-electron chi connectivity index (χ2n) is 4.26. The maximum atomic E-state index is 11.6. The fourth-order valence-corrected chi connectivity index (χ4v) is 2.02. The van der Waals surface area contributed by atoms with Gasteiger partial charge in [0.25, 0.3) is 0 Å². The number of carbonyl (C=O) groups excluding carboxylic acids is 2. The maximum Gasteiger partial charge on any atom is 0.136 e. The lowest BCUT2D eigenvalue weighted by atomic mass is 9.97. The van der Waals surface area contributed by atoms with E-state index in [-0.39, 0.29) is 11.7 Å². The Morgan fingerprint density at radius 1 is 1.36 bits per heavy atom. The molecular weight excluding hydrogens is 176 g/mol. The highest BCUT2D eigenvalue weighted by Gasteiger charge is 2.27. The third-order valence-electron chi connectivity index (χ3n) is 2.98. The molecule has 0 aliphatic heterocycles. The summed E-state index contributed by atoms with van der Waals surface area (Å²) in [5, 5.41) is 0. The topological polar surface area (TPSA) is 34.1 Å². The van der Waals surface area contributed by atoms with Gasteiger partial charge in [0.05, 0.1) is 0 Å². The molecule has 0 saturated heterocycles. The Kier molecular flexibility index (Phi) is 4.85. The van der Waals surface area contributed by atoms with Crippen molar-refractivity contribution in [3.8, 4) is 0 Å². The zero-order valence-corrected chi connectivity index (χ0v) is 9.05. The van der Waals surface area contributed by atoms with Crippen LogP contribution in [0.4, 0.5) is 0 Å². The van der Waals surface area contributed by atoms with Crippen LogP contribution < -0.4 is 0 Å². The first-order chi connectivity index (χ1) is 6.74. The molecule has 1 aliphatic rings. The molecule has 0 N–H and O–H groups in total. The number of Topliss-reactive ketones (excluding diaryl/α,β-unsaturated/α-hetero) is 2. The van der Waals surface area contributed by atoms with Gasteiger partial charge in [-0.25, -0.2) is 0 Å². The third kappa shape index (κ3) is 3.60. The molecule has 1 unspecified atom stereocenters. The van der Waals surface area contributed by atoms with Gasteiger partial charge < -0.3 is 0 Å². The van der Waals surface area contributed by atoms with Crippen LogP contribution in [0.2, 0.25) is 0 Å². The van der Waals surface area contributed by atoms with Crippen molar-refractivity contribution in [3.05, 3.63) is 0 Å². The monoisotopic (exact) mass is 196 g/mol. The fourth-order valence-electron chi connectivity index (χ4n) is 2.02. The van der Waals surface area contributed by atoms with Gasteiger partial charge in [0.15, 0.2) is 0 Å². The van der Waals surface area contributed by atoms with Crippen molar-refractivity contribution in [3.63, 3.8) is 0 Å². The van der Waals surface area contributed by atoms with Crippen LogP contribution in [0.3, 0.4) is 0 Å². The number of carbonyl (C=O) groups is 2. The average Bonchev–Trinajstić information content (AvgIpc) is 2.59. The first-order valence-corrected chi connectivity index (χ1v) is 5.78. The van der Waals surface area contributed by atoms with E-state index in [1.165, 1.54) is 12.8 Å². The standard InChI is InChI=1S/C12H20O2/c1-2-3-4-5-6-12(14)10-7-8-11(13)9-10/h10H,2-9H2,1H3. The summed E-state index contributed by atoms with van der Waals surface area (Å²) in [5.41, 5.74) is 0. The Morgan fingerprint density at radius 2 is 2.14 bits per heavy atom. The smallest absolute Gasteiger partial charge is 0.136 e. The van der Waals surface area contributed by atoms with Gasteiger partial charge in [-0.2, -0.15) is 0 Å². The summed E-state index contributed by atoms with van der Waals surface area (Å²) in [6.07, 6.45) is 7.24. The van der Waals surface area contributed by atoms with Crippen molar-refractivity contribution < 1.29 is 9.59 Å². The molecule has 0 heterocycles. The number of hydrogen-bond donors (Lipinski definition) is 0. The molecule has 1 atom stereocenters. The van der Waals surface area contributed by atoms with Gasteiger partial charge in [-0.1, -0.05) is 26.2 Å².